The third kappa shape index (κ3) is 4.10. The van der Waals surface area contributed by atoms with Crippen LogP contribution in [0.1, 0.15) is 65.4 Å². The number of nitrogens with zero attached hydrogens (tertiary/aromatic N) is 4. The molecule has 1 aromatic heterocycles. The van der Waals surface area contributed by atoms with Crippen LogP contribution in [0.2, 0.25) is 0 Å². The number of rotatable bonds is 5. The van der Waals surface area contributed by atoms with Gasteiger partial charge in [0.05, 0.1) is 23.4 Å². The number of piperidine rings is 1. The van der Waals surface area contributed by atoms with Crippen LogP contribution in [0.15, 0.2) is 6.07 Å². The summed E-state index contributed by atoms with van der Waals surface area (Å²) in [7, 11) is 1.43. The maximum atomic E-state index is 13.2. The normalized spacial score (nSPS) is 19.6. The smallest absolute Gasteiger partial charge is 0.407 e. The number of aromatic nitrogens is 1. The van der Waals surface area contributed by atoms with Crippen molar-refractivity contribution >= 4 is 24.1 Å². The van der Waals surface area contributed by atoms with Crippen LogP contribution < -0.4 is 4.90 Å². The first-order valence-electron chi connectivity index (χ1n) is 9.91. The van der Waals surface area contributed by atoms with Gasteiger partial charge in [0.15, 0.2) is 6.29 Å². The molecule has 2 fully saturated rings. The van der Waals surface area contributed by atoms with E-state index in [2.05, 4.69) is 16.8 Å². The van der Waals surface area contributed by atoms with Crippen LogP contribution in [0.25, 0.3) is 0 Å². The molecule has 8 heteroatoms. The average molecular weight is 388 g/mol. The number of hydrogen-bond donors (Lipinski definition) is 1. The van der Waals surface area contributed by atoms with Gasteiger partial charge in [0.2, 0.25) is 0 Å². The number of amides is 2. The lowest BCUT2D eigenvalue weighted by Crippen LogP contribution is -2.37. The third-order valence-corrected chi connectivity index (χ3v) is 5.68. The molecule has 2 aliphatic rings. The molecule has 2 amide bonds. The number of carboxylic acid groups (broad SMARTS) is 1. The highest BCUT2D eigenvalue weighted by Crippen LogP contribution is 2.28. The van der Waals surface area contributed by atoms with Gasteiger partial charge < -0.3 is 19.8 Å². The molecule has 0 bridgehead atoms. The number of carbonyl (C=O) groups excluding carboxylic acids is 2. The van der Waals surface area contributed by atoms with E-state index in [9.17, 15) is 19.5 Å². The Morgan fingerprint density at radius 2 is 1.96 bits per heavy atom. The lowest BCUT2D eigenvalue weighted by Gasteiger charge is -2.29. The summed E-state index contributed by atoms with van der Waals surface area (Å²) in [6, 6.07) is 2.00. The van der Waals surface area contributed by atoms with Gasteiger partial charge in [-0.2, -0.15) is 0 Å². The largest absolute Gasteiger partial charge is 0.465 e. The molecule has 1 atom stereocenters. The van der Waals surface area contributed by atoms with Gasteiger partial charge in [-0.25, -0.2) is 9.78 Å². The molecule has 0 aromatic carbocycles. The van der Waals surface area contributed by atoms with E-state index in [0.717, 1.165) is 43.5 Å². The zero-order chi connectivity index (χ0) is 20.3. The molecule has 3 heterocycles. The highest BCUT2D eigenvalue weighted by molar-refractivity contribution is 6.02. The summed E-state index contributed by atoms with van der Waals surface area (Å²) < 4.78 is 0. The summed E-state index contributed by atoms with van der Waals surface area (Å²) in [6.07, 6.45) is 4.62. The average Bonchev–Trinajstić information content (AvgIpc) is 3.13. The predicted molar refractivity (Wildman–Crippen MR) is 105 cm³/mol. The molecule has 1 aromatic rings. The standard InChI is InChI=1S/C20H28N4O4/c1-14-7-6-10-24(14)18-11-15(19(26)23-8-4-3-5-9-23)16(13-25)17(21-18)12-22(2)20(27)28/h11,13-14H,3-10,12H2,1-2H3,(H,27,28)/t14-/m1/s1. The van der Waals surface area contributed by atoms with Crippen molar-refractivity contribution in [1.29, 1.82) is 0 Å². The molecule has 2 aliphatic heterocycles. The lowest BCUT2D eigenvalue weighted by atomic mass is 10.0. The fraction of sp³-hybridized carbons (Fsp3) is 0.600. The van der Waals surface area contributed by atoms with Gasteiger partial charge in [0, 0.05) is 32.7 Å². The molecular formula is C20H28N4O4. The molecule has 0 unspecified atom stereocenters. The van der Waals surface area contributed by atoms with Crippen LogP contribution >= 0.6 is 0 Å². The fourth-order valence-electron chi connectivity index (χ4n) is 4.00. The van der Waals surface area contributed by atoms with Crippen LogP contribution in [0, 0.1) is 0 Å². The number of aldehydes is 1. The monoisotopic (exact) mass is 388 g/mol. The molecule has 8 nitrogen and oxygen atoms in total. The minimum Gasteiger partial charge on any atom is -0.465 e. The summed E-state index contributed by atoms with van der Waals surface area (Å²) >= 11 is 0. The van der Waals surface area contributed by atoms with Gasteiger partial charge in [-0.05, 0) is 45.1 Å². The van der Waals surface area contributed by atoms with E-state index in [4.69, 9.17) is 0 Å². The molecule has 1 N–H and O–H groups in total. The Labute approximate surface area is 165 Å². The molecule has 152 valence electrons. The van der Waals surface area contributed by atoms with Crippen molar-refractivity contribution in [2.45, 2.75) is 51.6 Å². The highest BCUT2D eigenvalue weighted by Gasteiger charge is 2.28. The molecule has 0 radical (unpaired) electrons. The summed E-state index contributed by atoms with van der Waals surface area (Å²) in [5, 5.41) is 9.24. The van der Waals surface area contributed by atoms with Crippen LogP contribution in [0.4, 0.5) is 10.6 Å². The highest BCUT2D eigenvalue weighted by atomic mass is 16.4. The molecular weight excluding hydrogens is 360 g/mol. The van der Waals surface area contributed by atoms with Gasteiger partial charge in [-0.1, -0.05) is 0 Å². The number of carbonyl (C=O) groups is 3. The van der Waals surface area contributed by atoms with Crippen LogP contribution in [0.5, 0.6) is 0 Å². The van der Waals surface area contributed by atoms with Gasteiger partial charge in [-0.3, -0.25) is 9.59 Å². The zero-order valence-corrected chi connectivity index (χ0v) is 16.6. The second-order valence-corrected chi connectivity index (χ2v) is 7.68. The van der Waals surface area contributed by atoms with E-state index in [1.54, 1.807) is 11.0 Å². The molecule has 0 saturated carbocycles. The van der Waals surface area contributed by atoms with Gasteiger partial charge in [-0.15, -0.1) is 0 Å². The van der Waals surface area contributed by atoms with Crippen molar-refractivity contribution in [2.24, 2.45) is 0 Å². The molecule has 2 saturated heterocycles. The predicted octanol–water partition coefficient (Wildman–Crippen LogP) is 2.62. The molecule has 3 rings (SSSR count). The van der Waals surface area contributed by atoms with E-state index in [1.807, 2.05) is 0 Å². The van der Waals surface area contributed by atoms with Crippen LogP contribution in [0.3, 0.4) is 0 Å². The number of hydrogen-bond acceptors (Lipinski definition) is 5. The van der Waals surface area contributed by atoms with Crippen molar-refractivity contribution in [3.05, 3.63) is 22.9 Å². The Kier molecular flexibility index (Phi) is 6.16. The van der Waals surface area contributed by atoms with Crippen LogP contribution in [-0.2, 0) is 6.54 Å². The summed E-state index contributed by atoms with van der Waals surface area (Å²) in [5.74, 6) is 0.473. The number of pyridine rings is 1. The quantitative estimate of drug-likeness (QED) is 0.780. The summed E-state index contributed by atoms with van der Waals surface area (Å²) in [6.45, 7) is 4.26. The van der Waals surface area contributed by atoms with E-state index >= 15 is 0 Å². The maximum Gasteiger partial charge on any atom is 0.407 e. The van der Waals surface area contributed by atoms with Gasteiger partial charge in [0.25, 0.3) is 5.91 Å². The SMILES string of the molecule is C[C@@H]1CCCN1c1cc(C(=O)N2CCCCC2)c(C=O)c(CN(C)C(=O)O)n1. The first kappa shape index (κ1) is 20.1. The molecule has 0 aliphatic carbocycles. The Hall–Kier alpha value is -2.64. The lowest BCUT2D eigenvalue weighted by molar-refractivity contribution is 0.0721. The first-order valence-corrected chi connectivity index (χ1v) is 9.91. The van der Waals surface area contributed by atoms with Crippen molar-refractivity contribution < 1.29 is 19.5 Å². The number of likely N-dealkylation sites (tertiary alicyclic amines) is 1. The minimum absolute atomic E-state index is 0.0419. The van der Waals surface area contributed by atoms with E-state index in [1.165, 1.54) is 7.05 Å². The second kappa shape index (κ2) is 8.58. The van der Waals surface area contributed by atoms with E-state index < -0.39 is 6.09 Å². The Balaban J connectivity index is 2.05. The minimum atomic E-state index is -1.11. The zero-order valence-electron chi connectivity index (χ0n) is 16.6. The third-order valence-electron chi connectivity index (χ3n) is 5.68. The summed E-state index contributed by atoms with van der Waals surface area (Å²) in [5.41, 5.74) is 0.853. The van der Waals surface area contributed by atoms with Crippen LogP contribution in [-0.4, -0.2) is 70.9 Å². The van der Waals surface area contributed by atoms with E-state index in [0.29, 0.717) is 36.5 Å². The molecule has 28 heavy (non-hydrogen) atoms. The Morgan fingerprint density at radius 3 is 2.54 bits per heavy atom. The van der Waals surface area contributed by atoms with Crippen molar-refractivity contribution in [3.63, 3.8) is 0 Å². The fourth-order valence-corrected chi connectivity index (χ4v) is 4.00. The Morgan fingerprint density at radius 1 is 1.25 bits per heavy atom. The topological polar surface area (TPSA) is 94.1 Å². The van der Waals surface area contributed by atoms with Crippen molar-refractivity contribution in [3.8, 4) is 0 Å². The second-order valence-electron chi connectivity index (χ2n) is 7.68. The summed E-state index contributed by atoms with van der Waals surface area (Å²) in [4.78, 5) is 46.0. The van der Waals surface area contributed by atoms with Crippen molar-refractivity contribution in [1.82, 2.24) is 14.8 Å². The van der Waals surface area contributed by atoms with Crippen molar-refractivity contribution in [2.75, 3.05) is 31.6 Å². The van der Waals surface area contributed by atoms with Gasteiger partial charge >= 0.3 is 6.09 Å². The number of anilines is 1. The van der Waals surface area contributed by atoms with Gasteiger partial charge in [0.1, 0.15) is 5.82 Å². The first-order chi connectivity index (χ1) is 13.4. The van der Waals surface area contributed by atoms with E-state index in [-0.39, 0.29) is 24.1 Å². The maximum absolute atomic E-state index is 13.2. The molecule has 0 spiro atoms. The Bertz CT molecular complexity index is 761.